The van der Waals surface area contributed by atoms with Gasteiger partial charge in [-0.2, -0.15) is 0 Å². The number of benzene rings is 2. The Balaban J connectivity index is 2.31. The van der Waals surface area contributed by atoms with Crippen molar-refractivity contribution in [3.63, 3.8) is 0 Å². The van der Waals surface area contributed by atoms with Gasteiger partial charge in [-0.3, -0.25) is 0 Å². The summed E-state index contributed by atoms with van der Waals surface area (Å²) in [4.78, 5) is 4.81. The zero-order valence-electron chi connectivity index (χ0n) is 10.5. The Morgan fingerprint density at radius 2 is 1.79 bits per heavy atom. The molecule has 0 aliphatic heterocycles. The number of pyridine rings is 1. The molecule has 0 atom stereocenters. The van der Waals surface area contributed by atoms with Crippen LogP contribution in [0.3, 0.4) is 0 Å². The van der Waals surface area contributed by atoms with E-state index >= 15 is 0 Å². The van der Waals surface area contributed by atoms with E-state index in [1.54, 1.807) is 0 Å². The van der Waals surface area contributed by atoms with Crippen molar-refractivity contribution < 1.29 is 0 Å². The summed E-state index contributed by atoms with van der Waals surface area (Å²) >= 11 is 2.34. The number of hydrogen-bond acceptors (Lipinski definition) is 2. The van der Waals surface area contributed by atoms with Gasteiger partial charge in [0.05, 0.1) is 11.2 Å². The van der Waals surface area contributed by atoms with Crippen LogP contribution in [0.5, 0.6) is 0 Å². The highest BCUT2D eigenvalue weighted by Crippen LogP contribution is 2.30. The maximum atomic E-state index is 4.81. The second-order valence-corrected chi connectivity index (χ2v) is 5.47. The Morgan fingerprint density at radius 3 is 2.53 bits per heavy atom. The Bertz CT molecular complexity index is 723. The fourth-order valence-electron chi connectivity index (χ4n) is 2.18. The molecule has 2 aromatic carbocycles. The normalized spacial score (nSPS) is 10.6. The first-order chi connectivity index (χ1) is 9.29. The van der Waals surface area contributed by atoms with Crippen LogP contribution in [0.15, 0.2) is 54.6 Å². The molecule has 0 spiro atoms. The van der Waals surface area contributed by atoms with E-state index in [1.807, 2.05) is 25.2 Å². The van der Waals surface area contributed by atoms with E-state index in [2.05, 4.69) is 64.3 Å². The molecule has 0 aliphatic carbocycles. The first-order valence-corrected chi connectivity index (χ1v) is 7.20. The summed E-state index contributed by atoms with van der Waals surface area (Å²) in [6, 6.07) is 18.6. The quantitative estimate of drug-likeness (QED) is 0.679. The van der Waals surface area contributed by atoms with E-state index in [1.165, 1.54) is 3.57 Å². The lowest BCUT2D eigenvalue weighted by atomic mass is 10.1. The molecule has 3 aromatic rings. The first kappa shape index (κ1) is 12.4. The fraction of sp³-hybridized carbons (Fsp3) is 0.0625. The summed E-state index contributed by atoms with van der Waals surface area (Å²) in [6.07, 6.45) is 0. The number of para-hydroxylation sites is 1. The molecular formula is C16H13IN2. The Kier molecular flexibility index (Phi) is 3.38. The van der Waals surface area contributed by atoms with Crippen LogP contribution in [-0.4, -0.2) is 12.0 Å². The fourth-order valence-corrected chi connectivity index (χ4v) is 2.80. The zero-order chi connectivity index (χ0) is 13.2. The van der Waals surface area contributed by atoms with Crippen molar-refractivity contribution in [1.29, 1.82) is 0 Å². The molecule has 3 heteroatoms. The third-order valence-electron chi connectivity index (χ3n) is 3.13. The molecule has 0 radical (unpaired) electrons. The van der Waals surface area contributed by atoms with E-state index < -0.39 is 0 Å². The molecule has 19 heavy (non-hydrogen) atoms. The maximum absolute atomic E-state index is 4.81. The largest absolute Gasteiger partial charge is 0.388 e. The molecule has 2 nitrogen and oxygen atoms in total. The lowest BCUT2D eigenvalue weighted by Gasteiger charge is -2.10. The highest BCUT2D eigenvalue weighted by molar-refractivity contribution is 14.1. The third kappa shape index (κ3) is 2.30. The van der Waals surface area contributed by atoms with Gasteiger partial charge in [0.2, 0.25) is 0 Å². The summed E-state index contributed by atoms with van der Waals surface area (Å²) in [5.74, 6) is 0. The van der Waals surface area contributed by atoms with Crippen molar-refractivity contribution >= 4 is 39.2 Å². The summed E-state index contributed by atoms with van der Waals surface area (Å²) < 4.78 is 1.17. The van der Waals surface area contributed by atoms with Crippen LogP contribution in [0.25, 0.3) is 22.2 Å². The molecule has 0 saturated carbocycles. The highest BCUT2D eigenvalue weighted by atomic mass is 127. The molecule has 1 aromatic heterocycles. The summed E-state index contributed by atoms with van der Waals surface area (Å²) in [6.45, 7) is 0. The van der Waals surface area contributed by atoms with Crippen LogP contribution >= 0.6 is 22.6 Å². The van der Waals surface area contributed by atoms with Crippen molar-refractivity contribution in [1.82, 2.24) is 4.98 Å². The van der Waals surface area contributed by atoms with Crippen LogP contribution in [0, 0.1) is 3.57 Å². The van der Waals surface area contributed by atoms with Crippen LogP contribution in [0.2, 0.25) is 0 Å². The number of fused-ring (bicyclic) bond motifs is 1. The molecule has 1 N–H and O–H groups in total. The van der Waals surface area contributed by atoms with Crippen molar-refractivity contribution in [3.05, 3.63) is 58.2 Å². The summed E-state index contributed by atoms with van der Waals surface area (Å²) in [5.41, 5.74) is 4.30. The van der Waals surface area contributed by atoms with Crippen LogP contribution in [0.4, 0.5) is 5.69 Å². The van der Waals surface area contributed by atoms with Crippen molar-refractivity contribution in [2.45, 2.75) is 0 Å². The molecule has 0 saturated heterocycles. The molecule has 0 fully saturated rings. The predicted octanol–water partition coefficient (Wildman–Crippen LogP) is 4.55. The van der Waals surface area contributed by atoms with E-state index in [4.69, 9.17) is 4.98 Å². The van der Waals surface area contributed by atoms with Crippen LogP contribution < -0.4 is 5.32 Å². The summed E-state index contributed by atoms with van der Waals surface area (Å²) in [5, 5.41) is 4.43. The number of rotatable bonds is 2. The molecule has 94 valence electrons. The smallest absolute Gasteiger partial charge is 0.0863 e. The average Bonchev–Trinajstić information content (AvgIpc) is 2.48. The minimum absolute atomic E-state index is 1.00. The zero-order valence-corrected chi connectivity index (χ0v) is 12.7. The number of nitrogens with zero attached hydrogens (tertiary/aromatic N) is 1. The van der Waals surface area contributed by atoms with Gasteiger partial charge >= 0.3 is 0 Å². The molecular weight excluding hydrogens is 347 g/mol. The number of nitrogens with one attached hydrogen (secondary N) is 1. The van der Waals surface area contributed by atoms with Crippen LogP contribution in [0.1, 0.15) is 0 Å². The molecule has 0 unspecified atom stereocenters. The van der Waals surface area contributed by atoms with Gasteiger partial charge in [-0.15, -0.1) is 0 Å². The van der Waals surface area contributed by atoms with Gasteiger partial charge < -0.3 is 5.32 Å². The van der Waals surface area contributed by atoms with Crippen molar-refractivity contribution in [2.24, 2.45) is 0 Å². The number of aromatic nitrogens is 1. The number of anilines is 1. The van der Waals surface area contributed by atoms with Gasteiger partial charge in [-0.25, -0.2) is 4.98 Å². The molecule has 1 heterocycles. The Hall–Kier alpha value is -1.62. The predicted molar refractivity (Wildman–Crippen MR) is 89.4 cm³/mol. The standard InChI is InChI=1S/C16H13IN2/c1-18-15-10-14(11-6-3-2-4-7-11)19-16-12(15)8-5-9-13(16)17/h2-10H,1H3,(H,18,19). The minimum Gasteiger partial charge on any atom is -0.388 e. The van der Waals surface area contributed by atoms with Gasteiger partial charge in [-0.05, 0) is 34.7 Å². The number of halogens is 1. The topological polar surface area (TPSA) is 24.9 Å². The summed E-state index contributed by atoms with van der Waals surface area (Å²) in [7, 11) is 1.95. The monoisotopic (exact) mass is 360 g/mol. The minimum atomic E-state index is 1.00. The first-order valence-electron chi connectivity index (χ1n) is 6.12. The Morgan fingerprint density at radius 1 is 1.00 bits per heavy atom. The van der Waals surface area contributed by atoms with E-state index in [0.717, 1.165) is 27.8 Å². The van der Waals surface area contributed by atoms with E-state index in [9.17, 15) is 0 Å². The molecule has 0 bridgehead atoms. The van der Waals surface area contributed by atoms with E-state index in [-0.39, 0.29) is 0 Å². The lowest BCUT2D eigenvalue weighted by Crippen LogP contribution is -1.95. The van der Waals surface area contributed by atoms with Gasteiger partial charge in [0.15, 0.2) is 0 Å². The van der Waals surface area contributed by atoms with Gasteiger partial charge in [0.25, 0.3) is 0 Å². The molecule has 0 amide bonds. The highest BCUT2D eigenvalue weighted by Gasteiger charge is 2.08. The Labute approximate surface area is 126 Å². The van der Waals surface area contributed by atoms with Crippen molar-refractivity contribution in [2.75, 3.05) is 12.4 Å². The number of hydrogen-bond donors (Lipinski definition) is 1. The lowest BCUT2D eigenvalue weighted by molar-refractivity contribution is 1.38. The molecule has 0 aliphatic rings. The van der Waals surface area contributed by atoms with Crippen molar-refractivity contribution in [3.8, 4) is 11.3 Å². The maximum Gasteiger partial charge on any atom is 0.0863 e. The average molecular weight is 360 g/mol. The van der Waals surface area contributed by atoms with Crippen LogP contribution in [-0.2, 0) is 0 Å². The second-order valence-electron chi connectivity index (χ2n) is 4.31. The SMILES string of the molecule is CNc1cc(-c2ccccc2)nc2c(I)cccc12. The second kappa shape index (κ2) is 5.17. The third-order valence-corrected chi connectivity index (χ3v) is 4.00. The van der Waals surface area contributed by atoms with E-state index in [0.29, 0.717) is 0 Å². The molecule has 3 rings (SSSR count). The van der Waals surface area contributed by atoms with Gasteiger partial charge in [-0.1, -0.05) is 42.5 Å². The van der Waals surface area contributed by atoms with Gasteiger partial charge in [0, 0.05) is 27.3 Å². The van der Waals surface area contributed by atoms with Gasteiger partial charge in [0.1, 0.15) is 0 Å².